The average Bonchev–Trinajstić information content (AvgIpc) is 2.30. The first-order valence-electron chi connectivity index (χ1n) is 5.87. The zero-order chi connectivity index (χ0) is 12.7. The van der Waals surface area contributed by atoms with Crippen LogP contribution in [-0.4, -0.2) is 32.1 Å². The summed E-state index contributed by atoms with van der Waals surface area (Å²) < 4.78 is 0. The molecule has 0 N–H and O–H groups in total. The van der Waals surface area contributed by atoms with Gasteiger partial charge in [0.15, 0.2) is 0 Å². The molecular formula is C15H22N2. The van der Waals surface area contributed by atoms with Gasteiger partial charge in [0.1, 0.15) is 0 Å². The molecule has 0 fully saturated rings. The van der Waals surface area contributed by atoms with Crippen molar-refractivity contribution in [2.75, 3.05) is 32.1 Å². The van der Waals surface area contributed by atoms with Crippen LogP contribution < -0.4 is 4.90 Å². The molecule has 0 radical (unpaired) electrons. The number of hydrogen-bond acceptors (Lipinski definition) is 2. The van der Waals surface area contributed by atoms with Crippen LogP contribution in [0.15, 0.2) is 49.6 Å². The Morgan fingerprint density at radius 1 is 1.00 bits per heavy atom. The summed E-state index contributed by atoms with van der Waals surface area (Å²) >= 11 is 0. The van der Waals surface area contributed by atoms with E-state index in [1.807, 2.05) is 12.2 Å². The summed E-state index contributed by atoms with van der Waals surface area (Å²) in [4.78, 5) is 4.40. The summed E-state index contributed by atoms with van der Waals surface area (Å²) in [6.45, 7) is 10.3. The van der Waals surface area contributed by atoms with Crippen molar-refractivity contribution >= 4 is 5.69 Å². The van der Waals surface area contributed by atoms with Crippen molar-refractivity contribution in [3.8, 4) is 0 Å². The van der Waals surface area contributed by atoms with Gasteiger partial charge >= 0.3 is 0 Å². The maximum atomic E-state index is 3.78. The molecule has 92 valence electrons. The molecule has 0 saturated heterocycles. The second-order valence-electron chi connectivity index (χ2n) is 4.33. The van der Waals surface area contributed by atoms with Crippen LogP contribution in [-0.2, 0) is 6.54 Å². The highest BCUT2D eigenvalue weighted by Gasteiger charge is 2.02. The van der Waals surface area contributed by atoms with E-state index in [4.69, 9.17) is 0 Å². The molecule has 0 aliphatic heterocycles. The van der Waals surface area contributed by atoms with E-state index in [1.54, 1.807) is 0 Å². The van der Waals surface area contributed by atoms with Crippen molar-refractivity contribution in [1.29, 1.82) is 0 Å². The first-order valence-corrected chi connectivity index (χ1v) is 5.87. The summed E-state index contributed by atoms with van der Waals surface area (Å²) in [5, 5.41) is 0. The van der Waals surface area contributed by atoms with Crippen LogP contribution in [0.4, 0.5) is 5.69 Å². The van der Waals surface area contributed by atoms with Crippen LogP contribution in [0.5, 0.6) is 0 Å². The monoisotopic (exact) mass is 230 g/mol. The van der Waals surface area contributed by atoms with Crippen molar-refractivity contribution in [2.45, 2.75) is 6.54 Å². The van der Waals surface area contributed by atoms with Gasteiger partial charge in [-0.3, -0.25) is 4.90 Å². The molecule has 1 rings (SSSR count). The Labute approximate surface area is 105 Å². The minimum atomic E-state index is 0.890. The minimum absolute atomic E-state index is 0.890. The molecule has 1 aromatic carbocycles. The predicted molar refractivity (Wildman–Crippen MR) is 76.4 cm³/mol. The van der Waals surface area contributed by atoms with Gasteiger partial charge in [-0.1, -0.05) is 24.3 Å². The van der Waals surface area contributed by atoms with Gasteiger partial charge < -0.3 is 4.90 Å². The molecule has 0 heterocycles. The number of anilines is 1. The second kappa shape index (κ2) is 6.92. The third-order valence-corrected chi connectivity index (χ3v) is 2.63. The molecule has 0 atom stereocenters. The van der Waals surface area contributed by atoms with Gasteiger partial charge in [0.05, 0.1) is 0 Å². The molecule has 2 nitrogen and oxygen atoms in total. The van der Waals surface area contributed by atoms with Gasteiger partial charge in [0, 0.05) is 39.4 Å². The summed E-state index contributed by atoms with van der Waals surface area (Å²) in [7, 11) is 4.10. The van der Waals surface area contributed by atoms with E-state index < -0.39 is 0 Å². The van der Waals surface area contributed by atoms with Crippen LogP contribution in [0, 0.1) is 0 Å². The molecule has 0 unspecified atom stereocenters. The highest BCUT2D eigenvalue weighted by Crippen LogP contribution is 2.13. The van der Waals surface area contributed by atoms with E-state index in [9.17, 15) is 0 Å². The molecule has 0 aliphatic rings. The van der Waals surface area contributed by atoms with E-state index in [0.29, 0.717) is 0 Å². The fraction of sp³-hybridized carbons (Fsp3) is 0.333. The van der Waals surface area contributed by atoms with Crippen molar-refractivity contribution in [1.82, 2.24) is 4.90 Å². The molecule has 0 aliphatic carbocycles. The maximum absolute atomic E-state index is 3.78. The van der Waals surface area contributed by atoms with Gasteiger partial charge in [-0.15, -0.1) is 13.2 Å². The third kappa shape index (κ3) is 4.45. The minimum Gasteiger partial charge on any atom is -0.378 e. The normalized spacial score (nSPS) is 10.3. The van der Waals surface area contributed by atoms with E-state index in [-0.39, 0.29) is 0 Å². The van der Waals surface area contributed by atoms with Crippen molar-refractivity contribution in [3.05, 3.63) is 55.1 Å². The van der Waals surface area contributed by atoms with E-state index in [0.717, 1.165) is 19.6 Å². The standard InChI is InChI=1S/C15H22N2/c1-5-11-17(12-6-2)13-14-7-9-15(10-8-14)16(3)4/h5-10H,1-2,11-13H2,3-4H3. The third-order valence-electron chi connectivity index (χ3n) is 2.63. The van der Waals surface area contributed by atoms with E-state index >= 15 is 0 Å². The molecule has 2 heteroatoms. The summed E-state index contributed by atoms with van der Waals surface area (Å²) in [5.74, 6) is 0. The highest BCUT2D eigenvalue weighted by atomic mass is 15.1. The summed E-state index contributed by atoms with van der Waals surface area (Å²) in [6.07, 6.45) is 3.86. The largest absolute Gasteiger partial charge is 0.378 e. The molecule has 17 heavy (non-hydrogen) atoms. The fourth-order valence-corrected chi connectivity index (χ4v) is 1.73. The van der Waals surface area contributed by atoms with Crippen LogP contribution in [0.2, 0.25) is 0 Å². The van der Waals surface area contributed by atoms with Crippen molar-refractivity contribution in [3.63, 3.8) is 0 Å². The molecule has 0 saturated carbocycles. The Morgan fingerprint density at radius 2 is 1.53 bits per heavy atom. The molecule has 0 bridgehead atoms. The van der Waals surface area contributed by atoms with Crippen LogP contribution in [0.25, 0.3) is 0 Å². The Bertz CT molecular complexity index is 342. The lowest BCUT2D eigenvalue weighted by molar-refractivity contribution is 0.328. The zero-order valence-corrected chi connectivity index (χ0v) is 10.9. The maximum Gasteiger partial charge on any atom is 0.0361 e. The quantitative estimate of drug-likeness (QED) is 0.665. The Balaban J connectivity index is 2.65. The Kier molecular flexibility index (Phi) is 5.50. The van der Waals surface area contributed by atoms with Crippen molar-refractivity contribution in [2.24, 2.45) is 0 Å². The van der Waals surface area contributed by atoms with E-state index in [2.05, 4.69) is 61.3 Å². The van der Waals surface area contributed by atoms with Gasteiger partial charge in [-0.2, -0.15) is 0 Å². The molecule has 0 spiro atoms. The first-order chi connectivity index (χ1) is 8.17. The molecular weight excluding hydrogens is 208 g/mol. The number of hydrogen-bond donors (Lipinski definition) is 0. The summed E-state index contributed by atoms with van der Waals surface area (Å²) in [6, 6.07) is 8.65. The Hall–Kier alpha value is -1.54. The number of nitrogens with zero attached hydrogens (tertiary/aromatic N) is 2. The SMILES string of the molecule is C=CCN(CC=C)Cc1ccc(N(C)C)cc1. The lowest BCUT2D eigenvalue weighted by atomic mass is 10.2. The van der Waals surface area contributed by atoms with Gasteiger partial charge in [-0.25, -0.2) is 0 Å². The number of benzene rings is 1. The highest BCUT2D eigenvalue weighted by molar-refractivity contribution is 5.45. The van der Waals surface area contributed by atoms with Crippen LogP contribution in [0.1, 0.15) is 5.56 Å². The van der Waals surface area contributed by atoms with Crippen molar-refractivity contribution < 1.29 is 0 Å². The van der Waals surface area contributed by atoms with Gasteiger partial charge in [-0.05, 0) is 17.7 Å². The molecule has 0 amide bonds. The predicted octanol–water partition coefficient (Wildman–Crippen LogP) is 2.93. The van der Waals surface area contributed by atoms with Crippen LogP contribution in [0.3, 0.4) is 0 Å². The van der Waals surface area contributed by atoms with Gasteiger partial charge in [0.25, 0.3) is 0 Å². The Morgan fingerprint density at radius 3 is 1.94 bits per heavy atom. The molecule has 1 aromatic rings. The average molecular weight is 230 g/mol. The second-order valence-corrected chi connectivity index (χ2v) is 4.33. The molecule has 0 aromatic heterocycles. The lowest BCUT2D eigenvalue weighted by Crippen LogP contribution is -2.23. The number of rotatable bonds is 7. The van der Waals surface area contributed by atoms with Gasteiger partial charge in [0.2, 0.25) is 0 Å². The fourth-order valence-electron chi connectivity index (χ4n) is 1.73. The zero-order valence-electron chi connectivity index (χ0n) is 10.9. The van der Waals surface area contributed by atoms with E-state index in [1.165, 1.54) is 11.3 Å². The lowest BCUT2D eigenvalue weighted by Gasteiger charge is -2.19. The smallest absolute Gasteiger partial charge is 0.0361 e. The topological polar surface area (TPSA) is 6.48 Å². The first kappa shape index (κ1) is 13.5. The van der Waals surface area contributed by atoms with Crippen LogP contribution >= 0.6 is 0 Å². The summed E-state index contributed by atoms with van der Waals surface area (Å²) in [5.41, 5.74) is 2.55.